The van der Waals surface area contributed by atoms with Crippen LogP contribution in [0, 0.1) is 5.92 Å². The van der Waals surface area contributed by atoms with Gasteiger partial charge in [0.25, 0.3) is 0 Å². The molecule has 0 aromatic heterocycles. The lowest BCUT2D eigenvalue weighted by atomic mass is 10.0. The molecule has 0 saturated carbocycles. The lowest BCUT2D eigenvalue weighted by molar-refractivity contribution is 0.241. The first-order valence-corrected chi connectivity index (χ1v) is 7.65. The summed E-state index contributed by atoms with van der Waals surface area (Å²) in [4.78, 5) is 0. The van der Waals surface area contributed by atoms with E-state index in [1.54, 1.807) is 0 Å². The van der Waals surface area contributed by atoms with Crippen LogP contribution in [0.1, 0.15) is 18.4 Å². The first-order valence-electron chi connectivity index (χ1n) is 6.50. The maximum absolute atomic E-state index is 6.02. The predicted octanol–water partition coefficient (Wildman–Crippen LogP) is 3.18. The van der Waals surface area contributed by atoms with Crippen LogP contribution in [0.2, 0.25) is 0 Å². The molecule has 1 aromatic rings. The molecular formula is C14H19NOS. The highest BCUT2D eigenvalue weighted by Gasteiger charge is 2.17. The van der Waals surface area contributed by atoms with Gasteiger partial charge >= 0.3 is 0 Å². The Balaban J connectivity index is 1.63. The summed E-state index contributed by atoms with van der Waals surface area (Å²) in [6, 6.07) is 6.39. The molecule has 92 valence electrons. The molecule has 1 N–H and O–H groups in total. The highest BCUT2D eigenvalue weighted by atomic mass is 32.2. The number of para-hydroxylation sites is 1. The number of ether oxygens (including phenoxy) is 1. The molecule has 2 heterocycles. The highest BCUT2D eigenvalue weighted by molar-refractivity contribution is 7.99. The zero-order chi connectivity index (χ0) is 11.5. The highest BCUT2D eigenvalue weighted by Crippen LogP contribution is 2.33. The number of benzene rings is 1. The fourth-order valence-electron chi connectivity index (χ4n) is 2.55. The number of thioether (sulfide) groups is 1. The fraction of sp³-hybridized carbons (Fsp3) is 0.571. The van der Waals surface area contributed by atoms with Crippen molar-refractivity contribution in [2.75, 3.05) is 30.0 Å². The molecule has 3 heteroatoms. The molecular weight excluding hydrogens is 230 g/mol. The summed E-state index contributed by atoms with van der Waals surface area (Å²) >= 11 is 2.07. The third-order valence-corrected chi connectivity index (χ3v) is 4.67. The standard InChI is InChI=1S/C14H19NOS/c1-2-12-4-7-15-14(12)13(3-1)16-10-11-5-8-17-9-6-11/h1-3,11,15H,4-10H2. The maximum Gasteiger partial charge on any atom is 0.142 e. The van der Waals surface area contributed by atoms with Crippen LogP contribution in [-0.4, -0.2) is 24.7 Å². The van der Waals surface area contributed by atoms with Crippen molar-refractivity contribution in [1.29, 1.82) is 0 Å². The number of anilines is 1. The minimum atomic E-state index is 0.758. The van der Waals surface area contributed by atoms with Gasteiger partial charge in [0.2, 0.25) is 0 Å². The largest absolute Gasteiger partial charge is 0.491 e. The lowest BCUT2D eigenvalue weighted by Gasteiger charge is -2.22. The van der Waals surface area contributed by atoms with E-state index in [1.807, 2.05) is 0 Å². The Hall–Kier alpha value is -0.830. The van der Waals surface area contributed by atoms with E-state index in [9.17, 15) is 0 Å². The van der Waals surface area contributed by atoms with Crippen molar-refractivity contribution >= 4 is 17.4 Å². The molecule has 2 aliphatic heterocycles. The third-order valence-electron chi connectivity index (χ3n) is 3.62. The van der Waals surface area contributed by atoms with Crippen molar-refractivity contribution in [2.45, 2.75) is 19.3 Å². The van der Waals surface area contributed by atoms with Crippen LogP contribution in [0.15, 0.2) is 18.2 Å². The number of hydrogen-bond acceptors (Lipinski definition) is 3. The summed E-state index contributed by atoms with van der Waals surface area (Å²) in [5, 5.41) is 3.43. The van der Waals surface area contributed by atoms with E-state index >= 15 is 0 Å². The quantitative estimate of drug-likeness (QED) is 0.889. The maximum atomic E-state index is 6.02. The molecule has 0 atom stereocenters. The molecule has 17 heavy (non-hydrogen) atoms. The average molecular weight is 249 g/mol. The topological polar surface area (TPSA) is 21.3 Å². The van der Waals surface area contributed by atoms with E-state index in [4.69, 9.17) is 4.74 Å². The van der Waals surface area contributed by atoms with Crippen molar-refractivity contribution in [3.63, 3.8) is 0 Å². The average Bonchev–Trinajstić information content (AvgIpc) is 2.86. The van der Waals surface area contributed by atoms with Crippen molar-refractivity contribution in [1.82, 2.24) is 0 Å². The van der Waals surface area contributed by atoms with E-state index in [2.05, 4.69) is 35.3 Å². The summed E-state index contributed by atoms with van der Waals surface area (Å²) in [5.41, 5.74) is 2.64. The van der Waals surface area contributed by atoms with Gasteiger partial charge in [0.05, 0.1) is 12.3 Å². The van der Waals surface area contributed by atoms with Crippen LogP contribution in [0.5, 0.6) is 5.75 Å². The molecule has 1 fully saturated rings. The lowest BCUT2D eigenvalue weighted by Crippen LogP contribution is -2.17. The van der Waals surface area contributed by atoms with Gasteiger partial charge in [-0.1, -0.05) is 12.1 Å². The van der Waals surface area contributed by atoms with Gasteiger partial charge in [0.1, 0.15) is 5.75 Å². The van der Waals surface area contributed by atoms with Crippen LogP contribution < -0.4 is 10.1 Å². The van der Waals surface area contributed by atoms with E-state index in [0.717, 1.165) is 31.2 Å². The molecule has 1 aromatic carbocycles. The van der Waals surface area contributed by atoms with Gasteiger partial charge in [0.15, 0.2) is 0 Å². The second kappa shape index (κ2) is 5.21. The van der Waals surface area contributed by atoms with Gasteiger partial charge < -0.3 is 10.1 Å². The van der Waals surface area contributed by atoms with Crippen molar-refractivity contribution in [3.05, 3.63) is 23.8 Å². The Morgan fingerprint density at radius 3 is 3.06 bits per heavy atom. The fourth-order valence-corrected chi connectivity index (χ4v) is 3.75. The smallest absolute Gasteiger partial charge is 0.142 e. The van der Waals surface area contributed by atoms with Gasteiger partial charge in [-0.3, -0.25) is 0 Å². The number of hydrogen-bond donors (Lipinski definition) is 1. The Kier molecular flexibility index (Phi) is 3.46. The van der Waals surface area contributed by atoms with Gasteiger partial charge in [-0.2, -0.15) is 11.8 Å². The molecule has 1 saturated heterocycles. The van der Waals surface area contributed by atoms with E-state index in [0.29, 0.717) is 0 Å². The molecule has 2 nitrogen and oxygen atoms in total. The summed E-state index contributed by atoms with van der Waals surface area (Å²) < 4.78 is 6.02. The Labute approximate surface area is 107 Å². The first-order chi connectivity index (χ1) is 8.43. The Bertz CT molecular complexity index is 388. The Morgan fingerprint density at radius 1 is 1.29 bits per heavy atom. The first kappa shape index (κ1) is 11.3. The Morgan fingerprint density at radius 2 is 2.18 bits per heavy atom. The van der Waals surface area contributed by atoms with Crippen molar-refractivity contribution in [3.8, 4) is 5.75 Å². The number of nitrogens with one attached hydrogen (secondary N) is 1. The molecule has 0 bridgehead atoms. The zero-order valence-electron chi connectivity index (χ0n) is 10.1. The zero-order valence-corrected chi connectivity index (χ0v) is 10.9. The normalized spacial score (nSPS) is 19.8. The monoisotopic (exact) mass is 249 g/mol. The molecule has 0 amide bonds. The van der Waals surface area contributed by atoms with Gasteiger partial charge in [0, 0.05) is 6.54 Å². The third kappa shape index (κ3) is 2.54. The summed E-state index contributed by atoms with van der Waals surface area (Å²) in [6.45, 7) is 1.94. The van der Waals surface area contributed by atoms with Crippen LogP contribution in [0.3, 0.4) is 0 Å². The van der Waals surface area contributed by atoms with E-state index < -0.39 is 0 Å². The van der Waals surface area contributed by atoms with Crippen molar-refractivity contribution < 1.29 is 4.74 Å². The molecule has 0 unspecified atom stereocenters. The van der Waals surface area contributed by atoms with Crippen LogP contribution in [0.4, 0.5) is 5.69 Å². The van der Waals surface area contributed by atoms with Crippen molar-refractivity contribution in [2.24, 2.45) is 5.92 Å². The van der Waals surface area contributed by atoms with Crippen LogP contribution >= 0.6 is 11.8 Å². The molecule has 0 aliphatic carbocycles. The summed E-state index contributed by atoms with van der Waals surface area (Å²) in [7, 11) is 0. The van der Waals surface area contributed by atoms with Gasteiger partial charge in [-0.25, -0.2) is 0 Å². The molecule has 3 rings (SSSR count). The predicted molar refractivity (Wildman–Crippen MR) is 74.2 cm³/mol. The van der Waals surface area contributed by atoms with Gasteiger partial charge in [-0.15, -0.1) is 0 Å². The second-order valence-corrected chi connectivity index (χ2v) is 6.06. The molecule has 0 spiro atoms. The number of fused-ring (bicyclic) bond motifs is 1. The minimum absolute atomic E-state index is 0.758. The number of rotatable bonds is 3. The second-order valence-electron chi connectivity index (χ2n) is 4.83. The molecule has 0 radical (unpaired) electrons. The SMILES string of the molecule is c1cc2c(c(OCC3CCSCC3)c1)NCC2. The van der Waals surface area contributed by atoms with E-state index in [1.165, 1.54) is 35.6 Å². The summed E-state index contributed by atoms with van der Waals surface area (Å²) in [6.07, 6.45) is 3.76. The van der Waals surface area contributed by atoms with Crippen LogP contribution in [0.25, 0.3) is 0 Å². The molecule has 2 aliphatic rings. The summed E-state index contributed by atoms with van der Waals surface area (Å²) in [5.74, 6) is 4.42. The minimum Gasteiger partial charge on any atom is -0.491 e. The van der Waals surface area contributed by atoms with E-state index in [-0.39, 0.29) is 0 Å². The van der Waals surface area contributed by atoms with Gasteiger partial charge in [-0.05, 0) is 48.3 Å². The van der Waals surface area contributed by atoms with Crippen LogP contribution in [-0.2, 0) is 6.42 Å².